The first-order valence-electron chi connectivity index (χ1n) is 6.69. The molecule has 4 heteroatoms. The molecule has 1 aromatic rings. The fraction of sp³-hybridized carbons (Fsp3) is 0.786. The van der Waals surface area contributed by atoms with E-state index in [4.69, 9.17) is 0 Å². The van der Waals surface area contributed by atoms with Gasteiger partial charge in [0.25, 0.3) is 0 Å². The lowest BCUT2D eigenvalue weighted by molar-refractivity contribution is 0.305. The molecule has 18 heavy (non-hydrogen) atoms. The van der Waals surface area contributed by atoms with Crippen molar-refractivity contribution in [2.45, 2.75) is 46.7 Å². The van der Waals surface area contributed by atoms with E-state index in [1.165, 1.54) is 17.0 Å². The number of thiazole rings is 1. The van der Waals surface area contributed by atoms with Crippen molar-refractivity contribution in [2.24, 2.45) is 5.92 Å². The minimum Gasteiger partial charge on any atom is -0.308 e. The Labute approximate surface area is 116 Å². The summed E-state index contributed by atoms with van der Waals surface area (Å²) in [7, 11) is 4.27. The Morgan fingerprint density at radius 3 is 2.39 bits per heavy atom. The molecule has 1 heterocycles. The standard InChI is InChI=1S/C14H27N3S/c1-10(2)7-13(9-17(5)6)15-8-14-11(3)16-12(4)18-14/h10,13,15H,7-9H2,1-6H3. The maximum atomic E-state index is 4.48. The second-order valence-electron chi connectivity index (χ2n) is 5.71. The third kappa shape index (κ3) is 5.46. The highest BCUT2D eigenvalue weighted by Gasteiger charge is 2.13. The van der Waals surface area contributed by atoms with Crippen molar-refractivity contribution in [1.29, 1.82) is 0 Å². The molecule has 3 nitrogen and oxygen atoms in total. The first kappa shape index (κ1) is 15.6. The molecule has 1 unspecified atom stereocenters. The van der Waals surface area contributed by atoms with Crippen LogP contribution in [0.2, 0.25) is 0 Å². The van der Waals surface area contributed by atoms with Crippen molar-refractivity contribution in [3.05, 3.63) is 15.6 Å². The van der Waals surface area contributed by atoms with Gasteiger partial charge in [0.2, 0.25) is 0 Å². The smallest absolute Gasteiger partial charge is 0.0900 e. The van der Waals surface area contributed by atoms with Crippen molar-refractivity contribution in [3.63, 3.8) is 0 Å². The van der Waals surface area contributed by atoms with Gasteiger partial charge in [0, 0.05) is 24.0 Å². The molecule has 1 N–H and O–H groups in total. The Bertz CT molecular complexity index is 348. The van der Waals surface area contributed by atoms with E-state index < -0.39 is 0 Å². The Morgan fingerprint density at radius 2 is 1.94 bits per heavy atom. The number of aryl methyl sites for hydroxylation is 2. The molecular formula is C14H27N3S. The lowest BCUT2D eigenvalue weighted by Crippen LogP contribution is -2.38. The zero-order chi connectivity index (χ0) is 13.7. The molecule has 0 amide bonds. The normalized spacial score (nSPS) is 13.6. The fourth-order valence-electron chi connectivity index (χ4n) is 2.21. The van der Waals surface area contributed by atoms with Gasteiger partial charge >= 0.3 is 0 Å². The number of nitrogens with one attached hydrogen (secondary N) is 1. The minimum absolute atomic E-state index is 0.557. The number of aromatic nitrogens is 1. The van der Waals surface area contributed by atoms with Gasteiger partial charge in [-0.2, -0.15) is 0 Å². The summed E-state index contributed by atoms with van der Waals surface area (Å²) in [6.45, 7) is 10.8. The molecule has 1 rings (SSSR count). The fourth-order valence-corrected chi connectivity index (χ4v) is 3.09. The van der Waals surface area contributed by atoms with E-state index in [-0.39, 0.29) is 0 Å². The largest absolute Gasteiger partial charge is 0.308 e. The molecule has 1 atom stereocenters. The summed E-state index contributed by atoms with van der Waals surface area (Å²) in [5, 5.41) is 4.85. The van der Waals surface area contributed by atoms with Gasteiger partial charge in [-0.05, 0) is 40.3 Å². The molecule has 104 valence electrons. The van der Waals surface area contributed by atoms with Gasteiger partial charge in [0.1, 0.15) is 0 Å². The molecule has 0 aliphatic heterocycles. The zero-order valence-electron chi connectivity index (χ0n) is 12.6. The summed E-state index contributed by atoms with van der Waals surface area (Å²) < 4.78 is 0. The lowest BCUT2D eigenvalue weighted by Gasteiger charge is -2.23. The zero-order valence-corrected chi connectivity index (χ0v) is 13.4. The molecule has 0 radical (unpaired) electrons. The molecule has 0 fully saturated rings. The molecule has 0 spiro atoms. The minimum atomic E-state index is 0.557. The van der Waals surface area contributed by atoms with E-state index in [0.717, 1.165) is 24.0 Å². The molecule has 0 aliphatic carbocycles. The SMILES string of the molecule is Cc1nc(C)c(CNC(CC(C)C)CN(C)C)s1. The third-order valence-corrected chi connectivity index (χ3v) is 3.97. The highest BCUT2D eigenvalue weighted by atomic mass is 32.1. The van der Waals surface area contributed by atoms with Gasteiger partial charge in [-0.15, -0.1) is 11.3 Å². The second-order valence-corrected chi connectivity index (χ2v) is 7.00. The van der Waals surface area contributed by atoms with Crippen molar-refractivity contribution in [1.82, 2.24) is 15.2 Å². The van der Waals surface area contributed by atoms with E-state index in [0.29, 0.717) is 6.04 Å². The van der Waals surface area contributed by atoms with Crippen molar-refractivity contribution >= 4 is 11.3 Å². The summed E-state index contributed by atoms with van der Waals surface area (Å²) in [6, 6.07) is 0.557. The number of nitrogens with zero attached hydrogens (tertiary/aromatic N) is 2. The quantitative estimate of drug-likeness (QED) is 0.825. The Balaban J connectivity index is 2.52. The monoisotopic (exact) mass is 269 g/mol. The van der Waals surface area contributed by atoms with E-state index in [1.54, 1.807) is 11.3 Å². The van der Waals surface area contributed by atoms with Crippen LogP contribution < -0.4 is 5.32 Å². The number of hydrogen-bond donors (Lipinski definition) is 1. The Hall–Kier alpha value is -0.450. The Morgan fingerprint density at radius 1 is 1.28 bits per heavy atom. The van der Waals surface area contributed by atoms with Crippen LogP contribution in [-0.2, 0) is 6.54 Å². The topological polar surface area (TPSA) is 28.2 Å². The maximum absolute atomic E-state index is 4.48. The number of likely N-dealkylation sites (N-methyl/N-ethyl adjacent to an activating group) is 1. The predicted octanol–water partition coefficient (Wildman–Crippen LogP) is 2.83. The Kier molecular flexibility index (Phi) is 6.26. The second kappa shape index (κ2) is 7.22. The van der Waals surface area contributed by atoms with Crippen LogP contribution in [0.25, 0.3) is 0 Å². The van der Waals surface area contributed by atoms with Gasteiger partial charge in [0.15, 0.2) is 0 Å². The van der Waals surface area contributed by atoms with Crippen LogP contribution in [-0.4, -0.2) is 36.6 Å². The van der Waals surface area contributed by atoms with Crippen LogP contribution in [0.15, 0.2) is 0 Å². The van der Waals surface area contributed by atoms with Gasteiger partial charge in [-0.3, -0.25) is 0 Å². The number of hydrogen-bond acceptors (Lipinski definition) is 4. The van der Waals surface area contributed by atoms with Crippen molar-refractivity contribution in [3.8, 4) is 0 Å². The third-order valence-electron chi connectivity index (χ3n) is 2.89. The van der Waals surface area contributed by atoms with Crippen LogP contribution in [0.4, 0.5) is 0 Å². The highest BCUT2D eigenvalue weighted by molar-refractivity contribution is 7.11. The molecule has 0 aliphatic rings. The predicted molar refractivity (Wildman–Crippen MR) is 80.2 cm³/mol. The van der Waals surface area contributed by atoms with E-state index in [2.05, 4.69) is 57.0 Å². The summed E-state index contributed by atoms with van der Waals surface area (Å²) in [6.07, 6.45) is 1.22. The summed E-state index contributed by atoms with van der Waals surface area (Å²) in [5.74, 6) is 0.728. The average molecular weight is 269 g/mol. The van der Waals surface area contributed by atoms with Crippen LogP contribution in [0.1, 0.15) is 35.8 Å². The summed E-state index contributed by atoms with van der Waals surface area (Å²) >= 11 is 1.81. The molecule has 0 bridgehead atoms. The average Bonchev–Trinajstić information content (AvgIpc) is 2.52. The first-order valence-corrected chi connectivity index (χ1v) is 7.51. The lowest BCUT2D eigenvalue weighted by atomic mass is 10.0. The molecule has 0 aromatic carbocycles. The van der Waals surface area contributed by atoms with E-state index in [9.17, 15) is 0 Å². The van der Waals surface area contributed by atoms with Gasteiger partial charge < -0.3 is 10.2 Å². The van der Waals surface area contributed by atoms with Gasteiger partial charge in [0.05, 0.1) is 10.7 Å². The van der Waals surface area contributed by atoms with Gasteiger partial charge in [-0.25, -0.2) is 4.98 Å². The van der Waals surface area contributed by atoms with Crippen molar-refractivity contribution < 1.29 is 0 Å². The van der Waals surface area contributed by atoms with Crippen molar-refractivity contribution in [2.75, 3.05) is 20.6 Å². The van der Waals surface area contributed by atoms with Crippen LogP contribution >= 0.6 is 11.3 Å². The molecule has 1 aromatic heterocycles. The summed E-state index contributed by atoms with van der Waals surface area (Å²) in [4.78, 5) is 8.11. The van der Waals surface area contributed by atoms with Crippen LogP contribution in [0.5, 0.6) is 0 Å². The van der Waals surface area contributed by atoms with Crippen LogP contribution in [0.3, 0.4) is 0 Å². The van der Waals surface area contributed by atoms with Gasteiger partial charge in [-0.1, -0.05) is 13.8 Å². The first-order chi connectivity index (χ1) is 8.38. The summed E-state index contributed by atoms with van der Waals surface area (Å²) in [5.41, 5.74) is 1.18. The van der Waals surface area contributed by atoms with E-state index in [1.807, 2.05) is 0 Å². The molecular weight excluding hydrogens is 242 g/mol. The van der Waals surface area contributed by atoms with Crippen LogP contribution in [0, 0.1) is 19.8 Å². The maximum Gasteiger partial charge on any atom is 0.0900 e. The van der Waals surface area contributed by atoms with E-state index >= 15 is 0 Å². The molecule has 0 saturated carbocycles. The number of rotatable bonds is 7. The highest BCUT2D eigenvalue weighted by Crippen LogP contribution is 2.17. The molecule has 0 saturated heterocycles.